The second-order valence-electron chi connectivity index (χ2n) is 6.66. The Morgan fingerprint density at radius 3 is 2.64 bits per heavy atom. The fourth-order valence-electron chi connectivity index (χ4n) is 3.12. The van der Waals surface area contributed by atoms with E-state index in [2.05, 4.69) is 9.88 Å². The highest BCUT2D eigenvalue weighted by molar-refractivity contribution is 7.90. The van der Waals surface area contributed by atoms with Crippen molar-refractivity contribution in [1.82, 2.24) is 19.2 Å². The Morgan fingerprint density at radius 1 is 1.24 bits per heavy atom. The van der Waals surface area contributed by atoms with Crippen molar-refractivity contribution in [2.24, 2.45) is 0 Å². The highest BCUT2D eigenvalue weighted by Crippen LogP contribution is 2.13. The van der Waals surface area contributed by atoms with Crippen molar-refractivity contribution in [3.8, 4) is 0 Å². The zero-order valence-corrected chi connectivity index (χ0v) is 15.5. The van der Waals surface area contributed by atoms with Crippen molar-refractivity contribution >= 4 is 21.4 Å². The van der Waals surface area contributed by atoms with Crippen LogP contribution in [0, 0.1) is 6.92 Å². The van der Waals surface area contributed by atoms with Gasteiger partial charge in [-0.3, -0.25) is 9.69 Å². The summed E-state index contributed by atoms with van der Waals surface area (Å²) in [7, 11) is -2.94. The molecule has 1 saturated heterocycles. The Labute approximate surface area is 148 Å². The summed E-state index contributed by atoms with van der Waals surface area (Å²) in [6.07, 6.45) is 5.28. The molecular weight excluding hydrogens is 340 g/mol. The number of amides is 1. The Hall–Kier alpha value is -1.93. The maximum absolute atomic E-state index is 12.6. The van der Waals surface area contributed by atoms with E-state index in [9.17, 15) is 13.2 Å². The number of nitrogens with zero attached hydrogens (tertiary/aromatic N) is 4. The summed E-state index contributed by atoms with van der Waals surface area (Å²) < 4.78 is 24.5. The molecule has 0 aromatic carbocycles. The Kier molecular flexibility index (Phi) is 5.10. The van der Waals surface area contributed by atoms with E-state index in [0.29, 0.717) is 39.1 Å². The summed E-state index contributed by atoms with van der Waals surface area (Å²) in [6, 6.07) is 3.96. The van der Waals surface area contributed by atoms with E-state index in [1.807, 2.05) is 34.6 Å². The lowest BCUT2D eigenvalue weighted by Crippen LogP contribution is -2.50. The highest BCUT2D eigenvalue weighted by Gasteiger charge is 2.22. The molecule has 0 unspecified atom stereocenters. The molecule has 3 rings (SSSR count). The number of aromatic nitrogens is 2. The molecule has 2 aromatic rings. The maximum atomic E-state index is 12.6. The summed E-state index contributed by atoms with van der Waals surface area (Å²) in [6.45, 7) is 5.24. The van der Waals surface area contributed by atoms with Gasteiger partial charge in [-0.05, 0) is 18.6 Å². The van der Waals surface area contributed by atoms with Crippen LogP contribution >= 0.6 is 0 Å². The van der Waals surface area contributed by atoms with Crippen LogP contribution in [0.4, 0.5) is 0 Å². The first kappa shape index (κ1) is 17.9. The van der Waals surface area contributed by atoms with Crippen LogP contribution in [0.1, 0.15) is 11.3 Å². The van der Waals surface area contributed by atoms with Crippen LogP contribution < -0.4 is 0 Å². The summed E-state index contributed by atoms with van der Waals surface area (Å²) >= 11 is 0. The van der Waals surface area contributed by atoms with Crippen molar-refractivity contribution < 1.29 is 13.2 Å². The van der Waals surface area contributed by atoms with Gasteiger partial charge in [-0.15, -0.1) is 0 Å². The molecule has 0 radical (unpaired) electrons. The van der Waals surface area contributed by atoms with Gasteiger partial charge in [-0.1, -0.05) is 6.07 Å². The number of carbonyl (C=O) groups is 1. The number of pyridine rings is 1. The van der Waals surface area contributed by atoms with Gasteiger partial charge < -0.3 is 9.30 Å². The van der Waals surface area contributed by atoms with Crippen LogP contribution in [0.15, 0.2) is 24.5 Å². The molecule has 3 heterocycles. The average molecular weight is 364 g/mol. The van der Waals surface area contributed by atoms with Gasteiger partial charge >= 0.3 is 0 Å². The molecule has 8 heteroatoms. The zero-order chi connectivity index (χ0) is 18.0. The lowest BCUT2D eigenvalue weighted by molar-refractivity contribution is -0.132. The second kappa shape index (κ2) is 7.13. The third-order valence-corrected chi connectivity index (χ3v) is 5.57. The number of sulfone groups is 1. The van der Waals surface area contributed by atoms with Crippen LogP contribution in [0.25, 0.3) is 5.65 Å². The van der Waals surface area contributed by atoms with Gasteiger partial charge in [0.15, 0.2) is 0 Å². The molecule has 7 nitrogen and oxygen atoms in total. The number of hydrogen-bond donors (Lipinski definition) is 0. The first-order chi connectivity index (χ1) is 11.8. The highest BCUT2D eigenvalue weighted by atomic mass is 32.2. The monoisotopic (exact) mass is 364 g/mol. The third-order valence-electron chi connectivity index (χ3n) is 4.64. The summed E-state index contributed by atoms with van der Waals surface area (Å²) in [5.74, 6) is 0.258. The topological polar surface area (TPSA) is 75.0 Å². The number of imidazole rings is 1. The second-order valence-corrected chi connectivity index (χ2v) is 8.92. The van der Waals surface area contributed by atoms with Gasteiger partial charge in [0, 0.05) is 51.4 Å². The molecule has 136 valence electrons. The fraction of sp³-hybridized carbons (Fsp3) is 0.529. The molecule has 1 amide bonds. The Morgan fingerprint density at radius 2 is 1.96 bits per heavy atom. The number of aryl methyl sites for hydroxylation is 1. The van der Waals surface area contributed by atoms with E-state index in [1.165, 1.54) is 6.26 Å². The minimum Gasteiger partial charge on any atom is -0.340 e. The number of carbonyl (C=O) groups excluding carboxylic acids is 1. The Balaban J connectivity index is 1.57. The van der Waals surface area contributed by atoms with Crippen LogP contribution in [0.3, 0.4) is 0 Å². The van der Waals surface area contributed by atoms with Crippen molar-refractivity contribution in [1.29, 1.82) is 0 Å². The predicted octanol–water partition coefficient (Wildman–Crippen LogP) is 0.374. The Bertz CT molecular complexity index is 867. The molecule has 0 atom stereocenters. The van der Waals surface area contributed by atoms with Gasteiger partial charge in [0.25, 0.3) is 0 Å². The van der Waals surface area contributed by atoms with Crippen molar-refractivity contribution in [3.05, 3.63) is 35.8 Å². The molecule has 1 aliphatic rings. The molecule has 2 aromatic heterocycles. The minimum atomic E-state index is -2.94. The molecule has 0 aliphatic carbocycles. The molecule has 0 bridgehead atoms. The number of piperazine rings is 1. The van der Waals surface area contributed by atoms with E-state index in [0.717, 1.165) is 16.9 Å². The van der Waals surface area contributed by atoms with Gasteiger partial charge in [-0.25, -0.2) is 13.4 Å². The maximum Gasteiger partial charge on any atom is 0.228 e. The molecule has 0 saturated carbocycles. The molecular formula is C17H24N4O3S. The summed E-state index contributed by atoms with van der Waals surface area (Å²) in [5, 5.41) is 0. The lowest BCUT2D eigenvalue weighted by Gasteiger charge is -2.34. The SMILES string of the molecule is Cc1cccn2c(CC(=O)N3CCN(CCS(C)(=O)=O)CC3)cnc12. The van der Waals surface area contributed by atoms with E-state index < -0.39 is 9.84 Å². The van der Waals surface area contributed by atoms with Gasteiger partial charge in [-0.2, -0.15) is 0 Å². The number of fused-ring (bicyclic) bond motifs is 1. The summed E-state index contributed by atoms with van der Waals surface area (Å²) in [5.41, 5.74) is 2.86. The van der Waals surface area contributed by atoms with Crippen molar-refractivity contribution in [2.45, 2.75) is 13.3 Å². The number of rotatable bonds is 5. The van der Waals surface area contributed by atoms with Gasteiger partial charge in [0.2, 0.25) is 5.91 Å². The molecule has 1 aliphatic heterocycles. The fourth-order valence-corrected chi connectivity index (χ4v) is 3.71. The minimum absolute atomic E-state index is 0.0890. The average Bonchev–Trinajstić information content (AvgIpc) is 2.97. The van der Waals surface area contributed by atoms with E-state index in [1.54, 1.807) is 6.20 Å². The predicted molar refractivity (Wildman–Crippen MR) is 96.4 cm³/mol. The van der Waals surface area contributed by atoms with E-state index in [4.69, 9.17) is 0 Å². The van der Waals surface area contributed by atoms with E-state index >= 15 is 0 Å². The quantitative estimate of drug-likeness (QED) is 0.766. The summed E-state index contributed by atoms with van der Waals surface area (Å²) in [4.78, 5) is 20.9. The van der Waals surface area contributed by atoms with Crippen molar-refractivity contribution in [2.75, 3.05) is 44.7 Å². The van der Waals surface area contributed by atoms with Crippen LogP contribution in [0.5, 0.6) is 0 Å². The first-order valence-corrected chi connectivity index (χ1v) is 10.5. The smallest absolute Gasteiger partial charge is 0.228 e. The molecule has 0 spiro atoms. The van der Waals surface area contributed by atoms with E-state index in [-0.39, 0.29) is 11.7 Å². The van der Waals surface area contributed by atoms with Crippen LogP contribution in [-0.2, 0) is 21.1 Å². The largest absolute Gasteiger partial charge is 0.340 e. The third kappa shape index (κ3) is 4.38. The standard InChI is InChI=1S/C17H24N4O3S/c1-14-4-3-5-21-15(13-18-17(14)21)12-16(22)20-8-6-19(7-9-20)10-11-25(2,23)24/h3-5,13H,6-12H2,1-2H3. The number of hydrogen-bond acceptors (Lipinski definition) is 5. The zero-order valence-electron chi connectivity index (χ0n) is 14.7. The first-order valence-electron chi connectivity index (χ1n) is 8.43. The van der Waals surface area contributed by atoms with Crippen molar-refractivity contribution in [3.63, 3.8) is 0 Å². The normalized spacial score (nSPS) is 16.5. The van der Waals surface area contributed by atoms with Gasteiger partial charge in [0.05, 0.1) is 17.9 Å². The van der Waals surface area contributed by atoms with Gasteiger partial charge in [0.1, 0.15) is 15.5 Å². The molecule has 0 N–H and O–H groups in total. The van der Waals surface area contributed by atoms with Crippen LogP contribution in [-0.4, -0.2) is 78.2 Å². The lowest BCUT2D eigenvalue weighted by atomic mass is 10.2. The molecule has 25 heavy (non-hydrogen) atoms. The molecule has 1 fully saturated rings. The van der Waals surface area contributed by atoms with Crippen LogP contribution in [0.2, 0.25) is 0 Å².